The molecule has 0 aliphatic rings. The van der Waals surface area contributed by atoms with Crippen molar-refractivity contribution >= 4 is 16.7 Å². The third kappa shape index (κ3) is 2.79. The molecule has 0 bridgehead atoms. The van der Waals surface area contributed by atoms with E-state index in [9.17, 15) is 0 Å². The Labute approximate surface area is 120 Å². The first-order chi connectivity index (χ1) is 9.73. The predicted molar refractivity (Wildman–Crippen MR) is 83.0 cm³/mol. The maximum atomic E-state index is 5.43. The summed E-state index contributed by atoms with van der Waals surface area (Å²) < 4.78 is 10.8. The highest BCUT2D eigenvalue weighted by atomic mass is 16.5. The molecule has 1 heterocycles. The maximum Gasteiger partial charge on any atom is 0.148 e. The molecule has 108 valence electrons. The zero-order valence-corrected chi connectivity index (χ0v) is 12.6. The van der Waals surface area contributed by atoms with E-state index in [0.717, 1.165) is 47.6 Å². The molecule has 0 spiro atoms. The van der Waals surface area contributed by atoms with E-state index >= 15 is 0 Å². The Hall–Kier alpha value is -1.97. The summed E-state index contributed by atoms with van der Waals surface area (Å²) in [5.41, 5.74) is 2.10. The summed E-state index contributed by atoms with van der Waals surface area (Å²) >= 11 is 0. The normalized spacial score (nSPS) is 10.6. The first-order valence-corrected chi connectivity index (χ1v) is 7.03. The van der Waals surface area contributed by atoms with Crippen LogP contribution in [0.1, 0.15) is 25.8 Å². The van der Waals surface area contributed by atoms with E-state index in [2.05, 4.69) is 25.2 Å². The first kappa shape index (κ1) is 14.4. The molecule has 0 amide bonds. The number of pyridine rings is 1. The highest BCUT2D eigenvalue weighted by Crippen LogP contribution is 2.32. The molecule has 20 heavy (non-hydrogen) atoms. The van der Waals surface area contributed by atoms with Gasteiger partial charge in [-0.1, -0.05) is 13.3 Å². The van der Waals surface area contributed by atoms with Crippen molar-refractivity contribution in [2.75, 3.05) is 26.1 Å². The number of benzene rings is 1. The summed E-state index contributed by atoms with van der Waals surface area (Å²) in [6.45, 7) is 5.10. The number of ether oxygens (including phenoxy) is 2. The second kappa shape index (κ2) is 6.46. The Morgan fingerprint density at radius 3 is 2.50 bits per heavy atom. The van der Waals surface area contributed by atoms with Crippen LogP contribution in [-0.2, 0) is 6.42 Å². The molecule has 0 aliphatic carbocycles. The van der Waals surface area contributed by atoms with Gasteiger partial charge in [0.1, 0.15) is 22.8 Å². The van der Waals surface area contributed by atoms with Crippen LogP contribution in [-0.4, -0.2) is 25.7 Å². The van der Waals surface area contributed by atoms with Gasteiger partial charge in [0, 0.05) is 18.0 Å². The molecule has 1 aromatic heterocycles. The van der Waals surface area contributed by atoms with Crippen molar-refractivity contribution in [2.24, 2.45) is 0 Å². The van der Waals surface area contributed by atoms with Gasteiger partial charge < -0.3 is 14.8 Å². The summed E-state index contributed by atoms with van der Waals surface area (Å²) in [5.74, 6) is 2.47. The summed E-state index contributed by atoms with van der Waals surface area (Å²) in [7, 11) is 3.32. The van der Waals surface area contributed by atoms with E-state index < -0.39 is 0 Å². The van der Waals surface area contributed by atoms with Crippen molar-refractivity contribution in [3.05, 3.63) is 23.8 Å². The van der Waals surface area contributed by atoms with Crippen molar-refractivity contribution in [1.29, 1.82) is 0 Å². The van der Waals surface area contributed by atoms with Crippen molar-refractivity contribution in [3.63, 3.8) is 0 Å². The summed E-state index contributed by atoms with van der Waals surface area (Å²) in [6.07, 6.45) is 2.09. The second-order valence-electron chi connectivity index (χ2n) is 4.68. The highest BCUT2D eigenvalue weighted by Gasteiger charge is 2.11. The number of aryl methyl sites for hydroxylation is 1. The fraction of sp³-hybridized carbons (Fsp3) is 0.438. The van der Waals surface area contributed by atoms with E-state index in [0.29, 0.717) is 0 Å². The second-order valence-corrected chi connectivity index (χ2v) is 4.68. The Balaban J connectivity index is 2.65. The largest absolute Gasteiger partial charge is 0.497 e. The van der Waals surface area contributed by atoms with Gasteiger partial charge in [-0.15, -0.1) is 0 Å². The van der Waals surface area contributed by atoms with Crippen molar-refractivity contribution in [3.8, 4) is 11.5 Å². The topological polar surface area (TPSA) is 43.4 Å². The molecule has 4 nitrogen and oxygen atoms in total. The smallest absolute Gasteiger partial charge is 0.148 e. The molecule has 0 atom stereocenters. The van der Waals surface area contributed by atoms with Gasteiger partial charge >= 0.3 is 0 Å². The van der Waals surface area contributed by atoms with Crippen LogP contribution < -0.4 is 14.8 Å². The van der Waals surface area contributed by atoms with Gasteiger partial charge in [-0.3, -0.25) is 0 Å². The third-order valence-electron chi connectivity index (χ3n) is 3.25. The molecular formula is C16H22N2O2. The summed E-state index contributed by atoms with van der Waals surface area (Å²) in [4.78, 5) is 4.74. The third-order valence-corrected chi connectivity index (χ3v) is 3.25. The molecular weight excluding hydrogens is 252 g/mol. The number of anilines is 1. The zero-order valence-electron chi connectivity index (χ0n) is 12.6. The van der Waals surface area contributed by atoms with Crippen LogP contribution >= 0.6 is 0 Å². The number of hydrogen-bond donors (Lipinski definition) is 1. The molecule has 1 aromatic carbocycles. The van der Waals surface area contributed by atoms with Crippen molar-refractivity contribution in [2.45, 2.75) is 26.7 Å². The van der Waals surface area contributed by atoms with Gasteiger partial charge in [0.25, 0.3) is 0 Å². The van der Waals surface area contributed by atoms with E-state index in [-0.39, 0.29) is 0 Å². The summed E-state index contributed by atoms with van der Waals surface area (Å²) in [5, 5.41) is 4.38. The molecule has 0 saturated heterocycles. The van der Waals surface area contributed by atoms with Crippen LogP contribution in [0.4, 0.5) is 5.82 Å². The fourth-order valence-corrected chi connectivity index (χ4v) is 2.33. The number of aromatic nitrogens is 1. The van der Waals surface area contributed by atoms with Gasteiger partial charge in [0.05, 0.1) is 14.2 Å². The number of methoxy groups -OCH3 is 2. The minimum atomic E-state index is 0.738. The van der Waals surface area contributed by atoms with E-state index in [1.807, 2.05) is 12.1 Å². The Morgan fingerprint density at radius 2 is 1.90 bits per heavy atom. The number of fused-ring (bicyclic) bond motifs is 1. The highest BCUT2D eigenvalue weighted by molar-refractivity contribution is 5.88. The van der Waals surface area contributed by atoms with Gasteiger partial charge in [-0.05, 0) is 31.0 Å². The minimum absolute atomic E-state index is 0.738. The quantitative estimate of drug-likeness (QED) is 0.873. The number of nitrogens with one attached hydrogen (secondary N) is 1. The molecule has 0 saturated carbocycles. The monoisotopic (exact) mass is 274 g/mol. The molecule has 0 fully saturated rings. The van der Waals surface area contributed by atoms with E-state index in [4.69, 9.17) is 14.5 Å². The molecule has 2 aromatic rings. The van der Waals surface area contributed by atoms with Gasteiger partial charge in [-0.2, -0.15) is 0 Å². The standard InChI is InChI=1S/C16H22N2O2/c1-5-7-11-8-12-9-13(19-3)10-14(20-4)15(12)18-16(11)17-6-2/h8-10H,5-7H2,1-4H3,(H,17,18). The lowest BCUT2D eigenvalue weighted by Gasteiger charge is -2.14. The van der Waals surface area contributed by atoms with E-state index in [1.54, 1.807) is 14.2 Å². The Kier molecular flexibility index (Phi) is 4.66. The van der Waals surface area contributed by atoms with Crippen molar-refractivity contribution in [1.82, 2.24) is 4.98 Å². The molecule has 0 aliphatic heterocycles. The first-order valence-electron chi connectivity index (χ1n) is 7.03. The van der Waals surface area contributed by atoms with Crippen LogP contribution in [0, 0.1) is 0 Å². The lowest BCUT2D eigenvalue weighted by atomic mass is 10.1. The summed E-state index contributed by atoms with van der Waals surface area (Å²) in [6, 6.07) is 6.04. The molecule has 0 radical (unpaired) electrons. The van der Waals surface area contributed by atoms with Gasteiger partial charge in [0.2, 0.25) is 0 Å². The molecule has 1 N–H and O–H groups in total. The number of hydrogen-bond acceptors (Lipinski definition) is 4. The minimum Gasteiger partial charge on any atom is -0.497 e. The molecule has 2 rings (SSSR count). The average Bonchev–Trinajstić information content (AvgIpc) is 2.47. The van der Waals surface area contributed by atoms with Gasteiger partial charge in [0.15, 0.2) is 0 Å². The number of nitrogens with zero attached hydrogens (tertiary/aromatic N) is 1. The lowest BCUT2D eigenvalue weighted by molar-refractivity contribution is 0.397. The SMILES string of the molecule is CCCc1cc2cc(OC)cc(OC)c2nc1NCC. The molecule has 0 unspecified atom stereocenters. The number of rotatable bonds is 6. The Bertz CT molecular complexity index is 597. The van der Waals surface area contributed by atoms with Crippen LogP contribution in [0.5, 0.6) is 11.5 Å². The fourth-order valence-electron chi connectivity index (χ4n) is 2.33. The van der Waals surface area contributed by atoms with Crippen molar-refractivity contribution < 1.29 is 9.47 Å². The lowest BCUT2D eigenvalue weighted by Crippen LogP contribution is -2.04. The average molecular weight is 274 g/mol. The Morgan fingerprint density at radius 1 is 1.10 bits per heavy atom. The maximum absolute atomic E-state index is 5.43. The van der Waals surface area contributed by atoms with Crippen LogP contribution in [0.3, 0.4) is 0 Å². The van der Waals surface area contributed by atoms with E-state index in [1.165, 1.54) is 5.56 Å². The zero-order chi connectivity index (χ0) is 14.5. The van der Waals surface area contributed by atoms with Crippen LogP contribution in [0.15, 0.2) is 18.2 Å². The predicted octanol–water partition coefficient (Wildman–Crippen LogP) is 3.64. The van der Waals surface area contributed by atoms with Gasteiger partial charge in [-0.25, -0.2) is 4.98 Å². The van der Waals surface area contributed by atoms with Crippen LogP contribution in [0.2, 0.25) is 0 Å². The molecule has 4 heteroatoms. The van der Waals surface area contributed by atoms with Crippen LogP contribution in [0.25, 0.3) is 10.9 Å².